The van der Waals surface area contributed by atoms with Gasteiger partial charge in [0.25, 0.3) is 0 Å². The molecule has 0 amide bonds. The van der Waals surface area contributed by atoms with Crippen molar-refractivity contribution in [1.29, 1.82) is 0 Å². The Morgan fingerprint density at radius 1 is 0.654 bits per heavy atom. The molecule has 0 saturated carbocycles. The summed E-state index contributed by atoms with van der Waals surface area (Å²) in [6, 6.07) is 0. The number of hydrogen-bond donors (Lipinski definition) is 0. The zero-order valence-electron chi connectivity index (χ0n) is 17.3. The van der Waals surface area contributed by atoms with Gasteiger partial charge in [-0.1, -0.05) is 94.4 Å². The summed E-state index contributed by atoms with van der Waals surface area (Å²) in [5.41, 5.74) is 0. The molecule has 0 atom stereocenters. The first kappa shape index (κ1) is 24.4. The minimum Gasteiger partial charge on any atom is -0.299 e. The van der Waals surface area contributed by atoms with Crippen LogP contribution in [0.3, 0.4) is 0 Å². The van der Waals surface area contributed by atoms with Crippen molar-refractivity contribution in [3.8, 4) is 0 Å². The van der Waals surface area contributed by atoms with E-state index in [4.69, 9.17) is 0 Å². The molecule has 0 aromatic rings. The van der Waals surface area contributed by atoms with Crippen LogP contribution in [0.1, 0.15) is 85.0 Å². The zero-order valence-corrected chi connectivity index (χ0v) is 17.3. The molecular formula is C25H40O. The van der Waals surface area contributed by atoms with E-state index >= 15 is 0 Å². The van der Waals surface area contributed by atoms with Gasteiger partial charge in [0, 0.05) is 12.3 Å². The second-order valence-corrected chi connectivity index (χ2v) is 6.96. The predicted octanol–water partition coefficient (Wildman–Crippen LogP) is 7.91. The molecule has 1 nitrogen and oxygen atoms in total. The molecule has 0 N–H and O–H groups in total. The summed E-state index contributed by atoms with van der Waals surface area (Å²) >= 11 is 0. The molecule has 0 rings (SSSR count). The van der Waals surface area contributed by atoms with Crippen LogP contribution in [0.5, 0.6) is 0 Å². The third-order valence-corrected chi connectivity index (χ3v) is 4.10. The number of hydrogen-bond acceptors (Lipinski definition) is 1. The minimum atomic E-state index is 0.164. The highest BCUT2D eigenvalue weighted by molar-refractivity contribution is 5.80. The maximum atomic E-state index is 11.5. The van der Waals surface area contributed by atoms with Crippen molar-refractivity contribution >= 4 is 5.78 Å². The molecule has 0 fully saturated rings. The van der Waals surface area contributed by atoms with E-state index in [0.717, 1.165) is 32.1 Å². The largest absolute Gasteiger partial charge is 0.299 e. The highest BCUT2D eigenvalue weighted by Gasteiger charge is 2.04. The van der Waals surface area contributed by atoms with Gasteiger partial charge in [-0.25, -0.2) is 0 Å². The maximum Gasteiger partial charge on any atom is 0.135 e. The van der Waals surface area contributed by atoms with Gasteiger partial charge >= 0.3 is 0 Å². The second-order valence-electron chi connectivity index (χ2n) is 6.96. The Kier molecular flexibility index (Phi) is 18.5. The van der Waals surface area contributed by atoms with Crippen LogP contribution in [0.2, 0.25) is 0 Å². The molecule has 26 heavy (non-hydrogen) atoms. The summed E-state index contributed by atoms with van der Waals surface area (Å²) < 4.78 is 0. The molecule has 0 aliphatic heterocycles. The number of carbonyl (C=O) groups excluding carboxylic acids is 1. The molecule has 0 aliphatic rings. The minimum absolute atomic E-state index is 0.164. The fourth-order valence-corrected chi connectivity index (χ4v) is 2.35. The normalized spacial score (nSPS) is 12.9. The van der Waals surface area contributed by atoms with Gasteiger partial charge in [0.1, 0.15) is 5.78 Å². The highest BCUT2D eigenvalue weighted by atomic mass is 16.1. The number of allylic oxidation sites excluding steroid dienone is 10. The van der Waals surface area contributed by atoms with E-state index in [1.54, 1.807) is 0 Å². The van der Waals surface area contributed by atoms with Crippen molar-refractivity contribution in [3.05, 3.63) is 60.8 Å². The number of ketones is 1. The molecular weight excluding hydrogens is 316 g/mol. The van der Waals surface area contributed by atoms with Crippen LogP contribution in [0.15, 0.2) is 60.8 Å². The van der Waals surface area contributed by atoms with Gasteiger partial charge in [-0.2, -0.15) is 0 Å². The first-order valence-corrected chi connectivity index (χ1v) is 10.5. The molecule has 1 heteroatoms. The van der Waals surface area contributed by atoms with Crippen LogP contribution in [-0.2, 0) is 4.79 Å². The van der Waals surface area contributed by atoms with Gasteiger partial charge in [0.15, 0.2) is 0 Å². The maximum absolute atomic E-state index is 11.5. The molecule has 146 valence electrons. The van der Waals surface area contributed by atoms with Gasteiger partial charge in [-0.15, -0.1) is 0 Å². The molecule has 0 bridgehead atoms. The van der Waals surface area contributed by atoms with Gasteiger partial charge in [0.2, 0.25) is 0 Å². The molecule has 0 aromatic carbocycles. The van der Waals surface area contributed by atoms with E-state index in [1.165, 1.54) is 25.7 Å². The van der Waals surface area contributed by atoms with Crippen LogP contribution < -0.4 is 0 Å². The van der Waals surface area contributed by atoms with Crippen molar-refractivity contribution in [2.45, 2.75) is 85.0 Å². The smallest absolute Gasteiger partial charge is 0.135 e. The van der Waals surface area contributed by atoms with Crippen molar-refractivity contribution in [1.82, 2.24) is 0 Å². The lowest BCUT2D eigenvalue weighted by atomic mass is 10.0. The van der Waals surface area contributed by atoms with E-state index in [1.807, 2.05) is 13.8 Å². The lowest BCUT2D eigenvalue weighted by Crippen LogP contribution is -2.05. The number of rotatable bonds is 16. The molecule has 0 unspecified atom stereocenters. The van der Waals surface area contributed by atoms with Crippen LogP contribution in [-0.4, -0.2) is 5.78 Å². The average molecular weight is 357 g/mol. The lowest BCUT2D eigenvalue weighted by molar-refractivity contribution is -0.121. The molecule has 0 spiro atoms. The van der Waals surface area contributed by atoms with E-state index < -0.39 is 0 Å². The highest BCUT2D eigenvalue weighted by Crippen LogP contribution is 2.03. The molecule has 0 aromatic heterocycles. The van der Waals surface area contributed by atoms with E-state index in [0.29, 0.717) is 12.2 Å². The fourth-order valence-electron chi connectivity index (χ4n) is 2.35. The van der Waals surface area contributed by atoms with Crippen LogP contribution in [0.25, 0.3) is 0 Å². The molecule has 0 heterocycles. The monoisotopic (exact) mass is 356 g/mol. The molecule has 0 saturated heterocycles. The summed E-state index contributed by atoms with van der Waals surface area (Å²) in [6.07, 6.45) is 32.9. The summed E-state index contributed by atoms with van der Waals surface area (Å²) in [4.78, 5) is 11.5. The van der Waals surface area contributed by atoms with E-state index in [2.05, 4.69) is 67.7 Å². The average Bonchev–Trinajstić information content (AvgIpc) is 2.63. The SMILES string of the molecule is CCCCC/C=C\C/C=C\C/C=C\C/C=C\C/C=C\CCC(=O)C(C)C. The zero-order chi connectivity index (χ0) is 19.3. The number of unbranched alkanes of at least 4 members (excludes halogenated alkanes) is 3. The van der Waals surface area contributed by atoms with Gasteiger partial charge in [0.05, 0.1) is 0 Å². The Bertz CT molecular complexity index is 461. The number of carbonyl (C=O) groups is 1. The van der Waals surface area contributed by atoms with Crippen LogP contribution >= 0.6 is 0 Å². The first-order valence-electron chi connectivity index (χ1n) is 10.5. The third kappa shape index (κ3) is 18.7. The Balaban J connectivity index is 3.53. The lowest BCUT2D eigenvalue weighted by Gasteiger charge is -1.99. The standard InChI is InChI=1S/C25H40O/c1-4-5-6-7-8-9-10-11-12-13-14-15-16-17-18-19-20-21-22-23-25(26)24(2)3/h8-9,11-12,14-15,17-18,20-21,24H,4-7,10,13,16,19,22-23H2,1-3H3/b9-8-,12-11-,15-14-,18-17-,21-20-. The van der Waals surface area contributed by atoms with Crippen molar-refractivity contribution in [2.75, 3.05) is 0 Å². The Labute approximate surface area is 162 Å². The predicted molar refractivity (Wildman–Crippen MR) is 117 cm³/mol. The van der Waals surface area contributed by atoms with Crippen molar-refractivity contribution in [3.63, 3.8) is 0 Å². The summed E-state index contributed by atoms with van der Waals surface area (Å²) in [7, 11) is 0. The van der Waals surface area contributed by atoms with Crippen LogP contribution in [0, 0.1) is 5.92 Å². The van der Waals surface area contributed by atoms with Gasteiger partial charge < -0.3 is 0 Å². The number of Topliss-reactive ketones (excluding diaryl/α,β-unsaturated/α-hetero) is 1. The Hall–Kier alpha value is -1.63. The Morgan fingerprint density at radius 3 is 1.50 bits per heavy atom. The van der Waals surface area contributed by atoms with Gasteiger partial charge in [-0.05, 0) is 44.9 Å². The second kappa shape index (κ2) is 19.7. The summed E-state index contributed by atoms with van der Waals surface area (Å²) in [6.45, 7) is 6.17. The van der Waals surface area contributed by atoms with Crippen molar-refractivity contribution in [2.24, 2.45) is 5.92 Å². The van der Waals surface area contributed by atoms with Crippen LogP contribution in [0.4, 0.5) is 0 Å². The summed E-state index contributed by atoms with van der Waals surface area (Å²) in [5.74, 6) is 0.518. The van der Waals surface area contributed by atoms with E-state index in [-0.39, 0.29) is 5.92 Å². The van der Waals surface area contributed by atoms with Gasteiger partial charge in [-0.3, -0.25) is 4.79 Å². The first-order chi connectivity index (χ1) is 12.7. The fraction of sp³-hybridized carbons (Fsp3) is 0.560. The topological polar surface area (TPSA) is 17.1 Å². The van der Waals surface area contributed by atoms with Crippen molar-refractivity contribution < 1.29 is 4.79 Å². The quantitative estimate of drug-likeness (QED) is 0.203. The summed E-state index contributed by atoms with van der Waals surface area (Å²) in [5, 5.41) is 0. The Morgan fingerprint density at radius 2 is 1.08 bits per heavy atom. The third-order valence-electron chi connectivity index (χ3n) is 4.10. The van der Waals surface area contributed by atoms with E-state index in [9.17, 15) is 4.79 Å². The molecule has 0 aliphatic carbocycles. The molecule has 0 radical (unpaired) electrons.